The summed E-state index contributed by atoms with van der Waals surface area (Å²) in [6.07, 6.45) is 2.67. The summed E-state index contributed by atoms with van der Waals surface area (Å²) in [7, 11) is -4.49. The first-order valence-corrected chi connectivity index (χ1v) is 8.33. The van der Waals surface area contributed by atoms with Crippen LogP contribution < -0.4 is 0 Å². The maximum absolute atomic E-state index is 12.7. The lowest BCUT2D eigenvalue weighted by atomic mass is 9.94. The first-order valence-electron chi connectivity index (χ1n) is 6.79. The molecule has 1 amide bonds. The minimum atomic E-state index is -4.49. The fourth-order valence-corrected chi connectivity index (χ4v) is 5.27. The number of pyridine rings is 1. The largest absolute Gasteiger partial charge is 0.480 e. The highest BCUT2D eigenvalue weighted by Crippen LogP contribution is 2.49. The molecule has 0 aliphatic carbocycles. The summed E-state index contributed by atoms with van der Waals surface area (Å²) >= 11 is 0. The highest BCUT2D eigenvalue weighted by Gasteiger charge is 2.75. The Labute approximate surface area is 136 Å². The molecule has 3 rings (SSSR count). The Kier molecular flexibility index (Phi) is 3.27. The predicted molar refractivity (Wildman–Crippen MR) is 79.2 cm³/mol. The van der Waals surface area contributed by atoms with Crippen molar-refractivity contribution in [2.45, 2.75) is 23.1 Å². The van der Waals surface area contributed by atoms with Gasteiger partial charge < -0.3 is 15.1 Å². The van der Waals surface area contributed by atoms with Crippen molar-refractivity contribution in [3.63, 3.8) is 0 Å². The summed E-state index contributed by atoms with van der Waals surface area (Å²) in [4.78, 5) is 39.8. The van der Waals surface area contributed by atoms with Crippen LogP contribution in [0.15, 0.2) is 30.0 Å². The number of aliphatic carboxylic acids is 2. The van der Waals surface area contributed by atoms with Gasteiger partial charge in [-0.3, -0.25) is 14.6 Å². The second-order valence-corrected chi connectivity index (χ2v) is 8.00. The van der Waals surface area contributed by atoms with E-state index in [0.717, 1.165) is 6.92 Å². The zero-order valence-corrected chi connectivity index (χ0v) is 13.1. The molecule has 0 aromatic carbocycles. The molecule has 2 aliphatic heterocycles. The number of rotatable bonds is 3. The van der Waals surface area contributed by atoms with E-state index in [2.05, 4.69) is 4.98 Å². The lowest BCUT2D eigenvalue weighted by molar-refractivity contribution is -0.157. The van der Waals surface area contributed by atoms with Crippen molar-refractivity contribution in [3.8, 4) is 0 Å². The molecule has 2 aliphatic rings. The first kappa shape index (κ1) is 16.1. The number of carboxylic acid groups (broad SMARTS) is 2. The Hall–Kier alpha value is -2.75. The molecule has 24 heavy (non-hydrogen) atoms. The van der Waals surface area contributed by atoms with Crippen molar-refractivity contribution in [2.75, 3.05) is 0 Å². The highest BCUT2D eigenvalue weighted by molar-refractivity contribution is 7.95. The van der Waals surface area contributed by atoms with Gasteiger partial charge in [-0.25, -0.2) is 13.2 Å². The van der Waals surface area contributed by atoms with E-state index in [0.29, 0.717) is 10.6 Å². The molecule has 3 atom stereocenters. The molecule has 1 aromatic rings. The first-order chi connectivity index (χ1) is 11.1. The van der Waals surface area contributed by atoms with Gasteiger partial charge in [0.25, 0.3) is 5.91 Å². The monoisotopic (exact) mass is 352 g/mol. The van der Waals surface area contributed by atoms with Crippen molar-refractivity contribution in [3.05, 3.63) is 35.7 Å². The molecule has 0 unspecified atom stereocenters. The summed E-state index contributed by atoms with van der Waals surface area (Å²) in [6.45, 7) is 0.813. The number of nitrogens with zero attached hydrogens (tertiary/aromatic N) is 2. The molecular formula is C14H12N2O7S. The molecule has 9 nitrogen and oxygen atoms in total. The molecule has 1 aromatic heterocycles. The van der Waals surface area contributed by atoms with Gasteiger partial charge >= 0.3 is 11.9 Å². The van der Waals surface area contributed by atoms with Crippen LogP contribution in [0.5, 0.6) is 0 Å². The van der Waals surface area contributed by atoms with Crippen LogP contribution in [0.4, 0.5) is 0 Å². The number of carbonyl (C=O) groups excluding carboxylic acids is 1. The van der Waals surface area contributed by atoms with Gasteiger partial charge in [0, 0.05) is 6.20 Å². The minimum Gasteiger partial charge on any atom is -0.480 e. The van der Waals surface area contributed by atoms with E-state index in [1.807, 2.05) is 0 Å². The Morgan fingerprint density at radius 3 is 2.50 bits per heavy atom. The van der Waals surface area contributed by atoms with Crippen molar-refractivity contribution in [1.29, 1.82) is 0 Å². The van der Waals surface area contributed by atoms with Crippen molar-refractivity contribution >= 4 is 33.8 Å². The van der Waals surface area contributed by atoms with Crippen LogP contribution in [0.3, 0.4) is 0 Å². The Morgan fingerprint density at radius 1 is 1.33 bits per heavy atom. The SMILES string of the molecule is C[C@]1(C(=O)O)[C@H](C(=O)O)N2C(=O)C(=Cc3ccccn3)[C@H]2S1(=O)=O. The summed E-state index contributed by atoms with van der Waals surface area (Å²) in [5.74, 6) is -4.32. The number of sulfone groups is 1. The van der Waals surface area contributed by atoms with Gasteiger partial charge in [-0.15, -0.1) is 0 Å². The van der Waals surface area contributed by atoms with Gasteiger partial charge in [-0.1, -0.05) is 6.07 Å². The second kappa shape index (κ2) is 4.87. The van der Waals surface area contributed by atoms with Gasteiger partial charge in [-0.2, -0.15) is 0 Å². The number of hydrogen-bond donors (Lipinski definition) is 2. The summed E-state index contributed by atoms with van der Waals surface area (Å²) in [6, 6.07) is 2.81. The predicted octanol–water partition coefficient (Wildman–Crippen LogP) is -0.642. The van der Waals surface area contributed by atoms with Gasteiger partial charge in [0.15, 0.2) is 26.0 Å². The fourth-order valence-electron chi connectivity index (χ4n) is 3.01. The molecule has 0 spiro atoms. The lowest BCUT2D eigenvalue weighted by Crippen LogP contribution is -2.60. The Bertz CT molecular complexity index is 893. The normalized spacial score (nSPS) is 32.3. The van der Waals surface area contributed by atoms with Crippen LogP contribution in [-0.2, 0) is 24.2 Å². The van der Waals surface area contributed by atoms with E-state index in [-0.39, 0.29) is 5.57 Å². The molecule has 2 saturated heterocycles. The average Bonchev–Trinajstić information content (AvgIpc) is 2.69. The average molecular weight is 352 g/mol. The quantitative estimate of drug-likeness (QED) is 0.540. The van der Waals surface area contributed by atoms with Crippen LogP contribution in [0.1, 0.15) is 12.6 Å². The number of fused-ring (bicyclic) bond motifs is 1. The number of aromatic nitrogens is 1. The number of hydrogen-bond acceptors (Lipinski definition) is 6. The smallest absolute Gasteiger partial charge is 0.328 e. The van der Waals surface area contributed by atoms with Crippen molar-refractivity contribution < 1.29 is 33.0 Å². The van der Waals surface area contributed by atoms with Crippen LogP contribution in [0, 0.1) is 0 Å². The number of carbonyl (C=O) groups is 3. The molecule has 2 fully saturated rings. The number of amides is 1. The maximum atomic E-state index is 12.7. The minimum absolute atomic E-state index is 0.190. The van der Waals surface area contributed by atoms with Crippen LogP contribution in [0.25, 0.3) is 6.08 Å². The third-order valence-corrected chi connectivity index (χ3v) is 6.98. The second-order valence-electron chi connectivity index (χ2n) is 5.62. The van der Waals surface area contributed by atoms with Gasteiger partial charge in [0.05, 0.1) is 11.3 Å². The summed E-state index contributed by atoms with van der Waals surface area (Å²) < 4.78 is 22.7. The van der Waals surface area contributed by atoms with Gasteiger partial charge in [0.1, 0.15) is 0 Å². The van der Waals surface area contributed by atoms with E-state index in [4.69, 9.17) is 0 Å². The zero-order valence-electron chi connectivity index (χ0n) is 12.3. The Morgan fingerprint density at radius 2 is 2.00 bits per heavy atom. The highest BCUT2D eigenvalue weighted by atomic mass is 32.2. The molecule has 0 radical (unpaired) electrons. The van der Waals surface area contributed by atoms with E-state index >= 15 is 0 Å². The maximum Gasteiger partial charge on any atom is 0.328 e. The molecule has 3 heterocycles. The third kappa shape index (κ3) is 1.77. The Balaban J connectivity index is 2.17. The summed E-state index contributed by atoms with van der Waals surface area (Å²) in [5, 5.41) is 17.0. The zero-order chi connectivity index (χ0) is 17.9. The molecule has 0 saturated carbocycles. The van der Waals surface area contributed by atoms with Crippen LogP contribution >= 0.6 is 0 Å². The van der Waals surface area contributed by atoms with E-state index in [1.165, 1.54) is 18.3 Å². The molecule has 10 heteroatoms. The topological polar surface area (TPSA) is 142 Å². The summed E-state index contributed by atoms with van der Waals surface area (Å²) in [5.41, 5.74) is 0.122. The fraction of sp³-hybridized carbons (Fsp3) is 0.286. The number of carboxylic acids is 2. The molecule has 0 bridgehead atoms. The lowest BCUT2D eigenvalue weighted by Gasteiger charge is -2.37. The molecule has 126 valence electrons. The van der Waals surface area contributed by atoms with E-state index < -0.39 is 43.8 Å². The van der Waals surface area contributed by atoms with Gasteiger partial charge in [0.2, 0.25) is 0 Å². The molecular weight excluding hydrogens is 340 g/mol. The van der Waals surface area contributed by atoms with E-state index in [9.17, 15) is 33.0 Å². The van der Waals surface area contributed by atoms with Crippen molar-refractivity contribution in [1.82, 2.24) is 9.88 Å². The van der Waals surface area contributed by atoms with Crippen LogP contribution in [0.2, 0.25) is 0 Å². The van der Waals surface area contributed by atoms with Crippen molar-refractivity contribution in [2.24, 2.45) is 0 Å². The number of β-lactam (4-membered cyclic amide) rings is 1. The van der Waals surface area contributed by atoms with Crippen LogP contribution in [-0.4, -0.2) is 62.5 Å². The third-order valence-electron chi connectivity index (χ3n) is 4.33. The standard InChI is InChI=1S/C14H12N2O7S/c1-14(13(20)21)9(12(18)19)16-10(17)8(11(16)24(14,22)23)6-7-4-2-3-5-15-7/h2-6,9,11H,1H3,(H,18,19)(H,20,21)/t9-,11+,14+/m0/s1. The van der Waals surface area contributed by atoms with Gasteiger partial charge in [-0.05, 0) is 25.1 Å². The molecule has 2 N–H and O–H groups in total. The van der Waals surface area contributed by atoms with E-state index in [1.54, 1.807) is 12.1 Å².